The third-order valence-corrected chi connectivity index (χ3v) is 3.01. The molecule has 128 valence electrons. The number of rotatable bonds is 2. The van der Waals surface area contributed by atoms with Crippen LogP contribution < -0.4 is 0 Å². The number of hydrogen-bond acceptors (Lipinski definition) is 4. The van der Waals surface area contributed by atoms with Gasteiger partial charge >= 0.3 is 12.2 Å². The zero-order chi connectivity index (χ0) is 17.8. The first-order valence-electron chi connectivity index (χ1n) is 7.35. The van der Waals surface area contributed by atoms with E-state index in [-0.39, 0.29) is 6.54 Å². The van der Waals surface area contributed by atoms with Crippen LogP contribution in [0, 0.1) is 0 Å². The molecule has 1 aromatic rings. The van der Waals surface area contributed by atoms with Gasteiger partial charge in [0.1, 0.15) is 11.2 Å². The fraction of sp³-hybridized carbons (Fsp3) is 0.529. The molecule has 0 saturated carbocycles. The van der Waals surface area contributed by atoms with Gasteiger partial charge in [0.15, 0.2) is 0 Å². The Kier molecular flexibility index (Phi) is 6.22. The number of benzene rings is 1. The maximum absolute atomic E-state index is 12.4. The van der Waals surface area contributed by atoms with Crippen LogP contribution in [-0.4, -0.2) is 28.3 Å². The van der Waals surface area contributed by atoms with Crippen molar-refractivity contribution in [2.45, 2.75) is 59.3 Å². The van der Waals surface area contributed by atoms with Gasteiger partial charge in [-0.15, -0.1) is 0 Å². The van der Waals surface area contributed by atoms with Crippen LogP contribution in [-0.2, 0) is 16.0 Å². The van der Waals surface area contributed by atoms with Gasteiger partial charge in [0.05, 0.1) is 6.54 Å². The molecule has 0 N–H and O–H groups in total. The summed E-state index contributed by atoms with van der Waals surface area (Å²) in [6, 6.07) is 7.34. The second kappa shape index (κ2) is 7.34. The van der Waals surface area contributed by atoms with Crippen molar-refractivity contribution in [1.82, 2.24) is 4.90 Å². The smallest absolute Gasteiger partial charge is 0.420 e. The van der Waals surface area contributed by atoms with E-state index in [1.807, 2.05) is 24.3 Å². The van der Waals surface area contributed by atoms with Crippen molar-refractivity contribution in [3.05, 3.63) is 34.3 Å². The molecule has 0 heterocycles. The summed E-state index contributed by atoms with van der Waals surface area (Å²) in [5.74, 6) is 0. The second-order valence-corrected chi connectivity index (χ2v) is 8.09. The van der Waals surface area contributed by atoms with Gasteiger partial charge < -0.3 is 9.47 Å². The van der Waals surface area contributed by atoms with E-state index in [2.05, 4.69) is 15.9 Å². The molecule has 1 rings (SSSR count). The highest BCUT2D eigenvalue weighted by molar-refractivity contribution is 9.10. The van der Waals surface area contributed by atoms with Crippen molar-refractivity contribution < 1.29 is 19.1 Å². The molecule has 5 nitrogen and oxygen atoms in total. The van der Waals surface area contributed by atoms with Gasteiger partial charge in [-0.2, -0.15) is 0 Å². The highest BCUT2D eigenvalue weighted by Crippen LogP contribution is 2.18. The number of carbonyl (C=O) groups is 2. The summed E-state index contributed by atoms with van der Waals surface area (Å²) in [6.45, 7) is 10.6. The molecule has 6 heteroatoms. The molecule has 0 aromatic heterocycles. The predicted molar refractivity (Wildman–Crippen MR) is 92.2 cm³/mol. The van der Waals surface area contributed by atoms with Crippen molar-refractivity contribution >= 4 is 28.1 Å². The minimum Gasteiger partial charge on any atom is -0.443 e. The largest absolute Gasteiger partial charge is 0.443 e. The van der Waals surface area contributed by atoms with Gasteiger partial charge in [-0.3, -0.25) is 0 Å². The van der Waals surface area contributed by atoms with E-state index in [0.29, 0.717) is 0 Å². The van der Waals surface area contributed by atoms with Gasteiger partial charge in [0.2, 0.25) is 0 Å². The SMILES string of the molecule is CC(C)(C)OC(=O)N(Cc1ccc(Br)cc1)C(=O)OC(C)(C)C. The number of ether oxygens (including phenoxy) is 2. The van der Waals surface area contributed by atoms with Crippen LogP contribution in [0.1, 0.15) is 47.1 Å². The summed E-state index contributed by atoms with van der Waals surface area (Å²) in [4.78, 5) is 25.7. The first-order valence-corrected chi connectivity index (χ1v) is 8.15. The summed E-state index contributed by atoms with van der Waals surface area (Å²) < 4.78 is 11.5. The van der Waals surface area contributed by atoms with Crippen molar-refractivity contribution in [3.8, 4) is 0 Å². The van der Waals surface area contributed by atoms with Crippen LogP contribution in [0.5, 0.6) is 0 Å². The van der Waals surface area contributed by atoms with Gasteiger partial charge in [-0.25, -0.2) is 14.5 Å². The van der Waals surface area contributed by atoms with Crippen LogP contribution in [0.2, 0.25) is 0 Å². The predicted octanol–water partition coefficient (Wildman–Crippen LogP) is 5.12. The quantitative estimate of drug-likeness (QED) is 0.708. The Morgan fingerprint density at radius 1 is 0.913 bits per heavy atom. The summed E-state index contributed by atoms with van der Waals surface area (Å²) in [6.07, 6.45) is -1.45. The molecule has 0 spiro atoms. The fourth-order valence-corrected chi connectivity index (χ4v) is 1.87. The normalized spacial score (nSPS) is 11.8. The van der Waals surface area contributed by atoms with Crippen LogP contribution in [0.3, 0.4) is 0 Å². The third kappa shape index (κ3) is 7.50. The van der Waals surface area contributed by atoms with E-state index in [9.17, 15) is 9.59 Å². The van der Waals surface area contributed by atoms with Crippen LogP contribution >= 0.6 is 15.9 Å². The number of halogens is 1. The molecule has 0 fully saturated rings. The lowest BCUT2D eigenvalue weighted by Crippen LogP contribution is -2.43. The molecule has 0 aliphatic heterocycles. The Hall–Kier alpha value is -1.56. The second-order valence-electron chi connectivity index (χ2n) is 7.17. The van der Waals surface area contributed by atoms with E-state index in [1.54, 1.807) is 41.5 Å². The number of amides is 2. The molecule has 0 aliphatic rings. The van der Waals surface area contributed by atoms with E-state index < -0.39 is 23.4 Å². The molecule has 0 radical (unpaired) electrons. The number of imide groups is 1. The van der Waals surface area contributed by atoms with Crippen molar-refractivity contribution in [1.29, 1.82) is 0 Å². The summed E-state index contributed by atoms with van der Waals surface area (Å²) in [5, 5.41) is 0. The Balaban J connectivity index is 2.98. The Morgan fingerprint density at radius 3 is 1.65 bits per heavy atom. The molecular weight excluding hydrogens is 362 g/mol. The van der Waals surface area contributed by atoms with Crippen LogP contribution in [0.4, 0.5) is 9.59 Å². The highest BCUT2D eigenvalue weighted by atomic mass is 79.9. The van der Waals surface area contributed by atoms with Crippen molar-refractivity contribution in [2.24, 2.45) is 0 Å². The Bertz CT molecular complexity index is 527. The first-order chi connectivity index (χ1) is 10.4. The van der Waals surface area contributed by atoms with Gasteiger partial charge in [0.25, 0.3) is 0 Å². The lowest BCUT2D eigenvalue weighted by atomic mass is 10.2. The third-order valence-electron chi connectivity index (χ3n) is 2.48. The molecule has 0 unspecified atom stereocenters. The molecule has 0 bridgehead atoms. The highest BCUT2D eigenvalue weighted by Gasteiger charge is 2.31. The fourth-order valence-electron chi connectivity index (χ4n) is 1.61. The van der Waals surface area contributed by atoms with Gasteiger partial charge in [-0.1, -0.05) is 28.1 Å². The minimum atomic E-state index is -0.727. The molecule has 0 saturated heterocycles. The molecule has 2 amide bonds. The minimum absolute atomic E-state index is 0.0805. The van der Waals surface area contributed by atoms with Crippen molar-refractivity contribution in [3.63, 3.8) is 0 Å². The van der Waals surface area contributed by atoms with Gasteiger partial charge in [-0.05, 0) is 59.2 Å². The molecule has 0 atom stereocenters. The summed E-state index contributed by atoms with van der Waals surface area (Å²) >= 11 is 3.35. The topological polar surface area (TPSA) is 55.8 Å². The number of hydrogen-bond donors (Lipinski definition) is 0. The van der Waals surface area contributed by atoms with E-state index in [1.165, 1.54) is 0 Å². The summed E-state index contributed by atoms with van der Waals surface area (Å²) in [7, 11) is 0. The maximum atomic E-state index is 12.4. The monoisotopic (exact) mass is 385 g/mol. The lowest BCUT2D eigenvalue weighted by Gasteiger charge is -2.28. The molecule has 0 aliphatic carbocycles. The standard InChI is InChI=1S/C17H24BrNO4/c1-16(2,3)22-14(20)19(15(21)23-17(4,5)6)11-12-7-9-13(18)10-8-12/h7-10H,11H2,1-6H3. The lowest BCUT2D eigenvalue weighted by molar-refractivity contribution is -0.000243. The van der Waals surface area contributed by atoms with E-state index in [4.69, 9.17) is 9.47 Å². The number of nitrogens with zero attached hydrogens (tertiary/aromatic N) is 1. The molecular formula is C17H24BrNO4. The average Bonchev–Trinajstić information content (AvgIpc) is 2.33. The average molecular weight is 386 g/mol. The Labute approximate surface area is 146 Å². The number of carbonyl (C=O) groups excluding carboxylic acids is 2. The molecule has 23 heavy (non-hydrogen) atoms. The van der Waals surface area contributed by atoms with E-state index >= 15 is 0 Å². The zero-order valence-corrected chi connectivity index (χ0v) is 16.1. The van der Waals surface area contributed by atoms with Gasteiger partial charge in [0, 0.05) is 4.47 Å². The van der Waals surface area contributed by atoms with Crippen LogP contribution in [0.15, 0.2) is 28.7 Å². The summed E-state index contributed by atoms with van der Waals surface area (Å²) in [5.41, 5.74) is -0.598. The first kappa shape index (κ1) is 19.5. The van der Waals surface area contributed by atoms with E-state index in [0.717, 1.165) is 14.9 Å². The zero-order valence-electron chi connectivity index (χ0n) is 14.5. The van der Waals surface area contributed by atoms with Crippen LogP contribution in [0.25, 0.3) is 0 Å². The Morgan fingerprint density at radius 2 is 1.30 bits per heavy atom. The van der Waals surface area contributed by atoms with Crippen molar-refractivity contribution in [2.75, 3.05) is 0 Å². The molecule has 1 aromatic carbocycles. The maximum Gasteiger partial charge on any atom is 0.420 e.